The van der Waals surface area contributed by atoms with E-state index in [0.717, 1.165) is 5.56 Å². The molecular weight excluding hydrogens is 412 g/mol. The number of carbonyl (C=O) groups excluding carboxylic acids is 2. The van der Waals surface area contributed by atoms with Crippen LogP contribution in [0.1, 0.15) is 40.1 Å². The van der Waals surface area contributed by atoms with Gasteiger partial charge < -0.3 is 9.47 Å². The van der Waals surface area contributed by atoms with Gasteiger partial charge in [0.25, 0.3) is 0 Å². The molecule has 0 aliphatic rings. The number of benzene rings is 3. The fourth-order valence-corrected chi connectivity index (χ4v) is 3.73. The number of carbonyl (C=O) groups is 2. The van der Waals surface area contributed by atoms with Gasteiger partial charge in [-0.1, -0.05) is 43.9 Å². The Hall–Kier alpha value is -3.84. The van der Waals surface area contributed by atoms with Gasteiger partial charge in [0.2, 0.25) is 0 Å². The van der Waals surface area contributed by atoms with Gasteiger partial charge in [-0.15, -0.1) is 0 Å². The lowest BCUT2D eigenvalue weighted by molar-refractivity contribution is 0.0824. The van der Waals surface area contributed by atoms with Crippen molar-refractivity contribution < 1.29 is 19.1 Å². The molecule has 4 nitrogen and oxygen atoms in total. The Kier molecular flexibility index (Phi) is 8.05. The van der Waals surface area contributed by atoms with Gasteiger partial charge in [-0.05, 0) is 60.7 Å². The van der Waals surface area contributed by atoms with Crippen LogP contribution in [-0.4, -0.2) is 25.8 Å². The Morgan fingerprint density at radius 1 is 0.667 bits per heavy atom. The van der Waals surface area contributed by atoms with Crippen molar-refractivity contribution in [3.05, 3.63) is 95.6 Å². The molecule has 0 bridgehead atoms. The first kappa shape index (κ1) is 23.8. The van der Waals surface area contributed by atoms with E-state index in [1.807, 2.05) is 44.2 Å². The highest BCUT2D eigenvalue weighted by molar-refractivity contribution is 6.01. The predicted molar refractivity (Wildman–Crippen MR) is 130 cm³/mol. The van der Waals surface area contributed by atoms with E-state index < -0.39 is 17.8 Å². The topological polar surface area (TPSA) is 52.6 Å². The second kappa shape index (κ2) is 11.2. The van der Waals surface area contributed by atoms with Crippen molar-refractivity contribution >= 4 is 11.6 Å². The maximum atomic E-state index is 13.3. The van der Waals surface area contributed by atoms with Crippen LogP contribution in [0.4, 0.5) is 0 Å². The van der Waals surface area contributed by atoms with Crippen LogP contribution in [0.2, 0.25) is 0 Å². The van der Waals surface area contributed by atoms with E-state index in [1.165, 1.54) is 0 Å². The summed E-state index contributed by atoms with van der Waals surface area (Å²) in [5.41, 5.74) is 1.98. The molecule has 0 aromatic heterocycles. The Morgan fingerprint density at radius 3 is 1.48 bits per heavy atom. The number of methoxy groups -OCH3 is 2. The van der Waals surface area contributed by atoms with Crippen LogP contribution in [-0.2, 0) is 0 Å². The molecule has 0 amide bonds. The molecule has 0 fully saturated rings. The molecule has 0 heterocycles. The number of ether oxygens (including phenoxy) is 2. The summed E-state index contributed by atoms with van der Waals surface area (Å²) in [5.74, 6) is 6.23. The maximum Gasteiger partial charge on any atom is 0.166 e. The third-order valence-electron chi connectivity index (χ3n) is 5.81. The summed E-state index contributed by atoms with van der Waals surface area (Å²) in [4.78, 5) is 26.6. The lowest BCUT2D eigenvalue weighted by Gasteiger charge is -2.24. The standard InChI is InChI=1S/C29H28O4/c1-20(28(30)23-11-15-25(32-3)16-12-23)27(19-10-22-8-6-5-7-9-22)21(2)29(31)24-13-17-26(33-4)18-14-24/h5-9,11-18,20-21,27H,1-4H3/t20-,21+,27?. The van der Waals surface area contributed by atoms with E-state index in [2.05, 4.69) is 11.8 Å². The molecule has 0 aliphatic carbocycles. The van der Waals surface area contributed by atoms with E-state index >= 15 is 0 Å². The van der Waals surface area contributed by atoms with E-state index in [4.69, 9.17) is 9.47 Å². The van der Waals surface area contributed by atoms with Crippen LogP contribution >= 0.6 is 0 Å². The van der Waals surface area contributed by atoms with Crippen molar-refractivity contribution in [2.24, 2.45) is 17.8 Å². The Labute approximate surface area is 195 Å². The average Bonchev–Trinajstić information content (AvgIpc) is 2.88. The molecule has 3 aromatic rings. The zero-order valence-electron chi connectivity index (χ0n) is 19.4. The molecule has 0 spiro atoms. The zero-order chi connectivity index (χ0) is 23.8. The monoisotopic (exact) mass is 440 g/mol. The summed E-state index contributed by atoms with van der Waals surface area (Å²) in [6.45, 7) is 3.68. The molecule has 0 saturated carbocycles. The molecule has 0 radical (unpaired) electrons. The van der Waals surface area contributed by atoms with Gasteiger partial charge in [-0.2, -0.15) is 0 Å². The summed E-state index contributed by atoms with van der Waals surface area (Å²) in [5, 5.41) is 0. The third-order valence-corrected chi connectivity index (χ3v) is 5.81. The molecular formula is C29H28O4. The van der Waals surface area contributed by atoms with Crippen LogP contribution < -0.4 is 9.47 Å². The van der Waals surface area contributed by atoms with Crippen molar-refractivity contribution in [3.8, 4) is 23.3 Å². The Morgan fingerprint density at radius 2 is 1.09 bits per heavy atom. The minimum Gasteiger partial charge on any atom is -0.497 e. The second-order valence-corrected chi connectivity index (χ2v) is 7.92. The van der Waals surface area contributed by atoms with Crippen molar-refractivity contribution in [1.29, 1.82) is 0 Å². The van der Waals surface area contributed by atoms with Crippen LogP contribution in [0, 0.1) is 29.6 Å². The van der Waals surface area contributed by atoms with Gasteiger partial charge in [-0.25, -0.2) is 0 Å². The summed E-state index contributed by atoms with van der Waals surface area (Å²) >= 11 is 0. The van der Waals surface area contributed by atoms with Crippen molar-refractivity contribution in [3.63, 3.8) is 0 Å². The van der Waals surface area contributed by atoms with E-state index in [-0.39, 0.29) is 11.6 Å². The van der Waals surface area contributed by atoms with Crippen molar-refractivity contribution in [2.45, 2.75) is 13.8 Å². The first-order chi connectivity index (χ1) is 15.9. The molecule has 0 N–H and O–H groups in total. The lowest BCUT2D eigenvalue weighted by atomic mass is 9.77. The molecule has 3 rings (SSSR count). The average molecular weight is 441 g/mol. The number of ketones is 2. The van der Waals surface area contributed by atoms with E-state index in [0.29, 0.717) is 22.6 Å². The SMILES string of the molecule is COc1ccc(C(=O)[C@@H](C)C(C#Cc2ccccc2)[C@@H](C)C(=O)c2ccc(OC)cc2)cc1. The van der Waals surface area contributed by atoms with Gasteiger partial charge in [0.05, 0.1) is 14.2 Å². The number of Topliss-reactive ketones (excluding diaryl/α,β-unsaturated/α-hetero) is 2. The molecule has 0 saturated heterocycles. The normalized spacial score (nSPS) is 13.1. The number of rotatable bonds is 8. The van der Waals surface area contributed by atoms with Gasteiger partial charge in [0.1, 0.15) is 11.5 Å². The van der Waals surface area contributed by atoms with Crippen molar-refractivity contribution in [2.75, 3.05) is 14.2 Å². The zero-order valence-corrected chi connectivity index (χ0v) is 19.4. The van der Waals surface area contributed by atoms with Gasteiger partial charge in [-0.3, -0.25) is 9.59 Å². The minimum absolute atomic E-state index is 0.0561. The van der Waals surface area contributed by atoms with Crippen LogP contribution in [0.5, 0.6) is 11.5 Å². The highest BCUT2D eigenvalue weighted by Gasteiger charge is 2.32. The predicted octanol–water partition coefficient (Wildman–Crippen LogP) is 5.71. The first-order valence-corrected chi connectivity index (χ1v) is 10.9. The smallest absolute Gasteiger partial charge is 0.166 e. The van der Waals surface area contributed by atoms with Crippen LogP contribution in [0.3, 0.4) is 0 Å². The first-order valence-electron chi connectivity index (χ1n) is 10.9. The Bertz CT molecular complexity index is 1070. The van der Waals surface area contributed by atoms with E-state index in [1.54, 1.807) is 62.8 Å². The van der Waals surface area contributed by atoms with Crippen LogP contribution in [0.25, 0.3) is 0 Å². The summed E-state index contributed by atoms with van der Waals surface area (Å²) in [6, 6.07) is 23.6. The molecule has 0 aliphatic heterocycles. The minimum atomic E-state index is -0.480. The quantitative estimate of drug-likeness (QED) is 0.333. The van der Waals surface area contributed by atoms with Gasteiger partial charge in [0.15, 0.2) is 11.6 Å². The maximum absolute atomic E-state index is 13.3. The van der Waals surface area contributed by atoms with Gasteiger partial charge in [0, 0.05) is 34.4 Å². The van der Waals surface area contributed by atoms with Crippen LogP contribution in [0.15, 0.2) is 78.9 Å². The third kappa shape index (κ3) is 5.90. The van der Waals surface area contributed by atoms with Gasteiger partial charge >= 0.3 is 0 Å². The molecule has 3 atom stereocenters. The highest BCUT2D eigenvalue weighted by atomic mass is 16.5. The Balaban J connectivity index is 1.92. The summed E-state index contributed by atoms with van der Waals surface area (Å²) < 4.78 is 10.4. The fourth-order valence-electron chi connectivity index (χ4n) is 3.73. The second-order valence-electron chi connectivity index (χ2n) is 7.92. The molecule has 33 heavy (non-hydrogen) atoms. The number of hydrogen-bond donors (Lipinski definition) is 0. The molecule has 1 unspecified atom stereocenters. The lowest BCUT2D eigenvalue weighted by Crippen LogP contribution is -2.30. The molecule has 3 aromatic carbocycles. The summed E-state index contributed by atoms with van der Waals surface area (Å²) in [6.07, 6.45) is 0. The highest BCUT2D eigenvalue weighted by Crippen LogP contribution is 2.28. The number of hydrogen-bond acceptors (Lipinski definition) is 4. The molecule has 4 heteroatoms. The van der Waals surface area contributed by atoms with E-state index in [9.17, 15) is 9.59 Å². The fraction of sp³-hybridized carbons (Fsp3) is 0.241. The van der Waals surface area contributed by atoms with Crippen molar-refractivity contribution in [1.82, 2.24) is 0 Å². The molecule has 168 valence electrons. The summed E-state index contributed by atoms with van der Waals surface area (Å²) in [7, 11) is 3.17. The largest absolute Gasteiger partial charge is 0.497 e.